The fourth-order valence-corrected chi connectivity index (χ4v) is 3.92. The molecular weight excluding hydrogens is 200 g/mol. The maximum Gasteiger partial charge on any atom is 0.134 e. The molecule has 5 rings (SSSR count). The molecule has 4 saturated heterocycles. The summed E-state index contributed by atoms with van der Waals surface area (Å²) >= 11 is 0. The zero-order valence-electron chi connectivity index (χ0n) is 9.95. The van der Waals surface area contributed by atoms with E-state index in [1.165, 1.54) is 45.3 Å². The Bertz CT molecular complexity index is 274. The van der Waals surface area contributed by atoms with Crippen LogP contribution in [0.15, 0.2) is 0 Å². The number of fused-ring (bicyclic) bond motifs is 2. The molecule has 5 fully saturated rings. The molecule has 2 unspecified atom stereocenters. The molecule has 0 aromatic rings. The van der Waals surface area contributed by atoms with Gasteiger partial charge in [-0.1, -0.05) is 0 Å². The van der Waals surface area contributed by atoms with E-state index in [1.54, 1.807) is 0 Å². The Balaban J connectivity index is 1.47. The van der Waals surface area contributed by atoms with Gasteiger partial charge in [0.15, 0.2) is 0 Å². The monoisotopic (exact) mass is 222 g/mol. The molecule has 1 spiro atoms. The van der Waals surface area contributed by atoms with Crippen LogP contribution >= 0.6 is 0 Å². The first-order valence-corrected chi connectivity index (χ1v) is 6.97. The molecule has 3 nitrogen and oxygen atoms in total. The molecule has 90 valence electrons. The normalized spacial score (nSPS) is 52.1. The van der Waals surface area contributed by atoms with Gasteiger partial charge in [-0.2, -0.15) is 0 Å². The average molecular weight is 222 g/mol. The Kier molecular flexibility index (Phi) is 2.12. The average Bonchev–Trinajstić information content (AvgIpc) is 3.15. The highest BCUT2D eigenvalue weighted by Gasteiger charge is 2.50. The van der Waals surface area contributed by atoms with E-state index in [0.717, 1.165) is 30.9 Å². The third-order valence-corrected chi connectivity index (χ3v) is 5.21. The summed E-state index contributed by atoms with van der Waals surface area (Å²) in [6.45, 7) is 5.94. The maximum atomic E-state index is 6.30. The van der Waals surface area contributed by atoms with E-state index in [2.05, 4.69) is 10.2 Å². The standard InChI is InChI=1S/C13H22N2O/c1-2-10(1)11-7-14-13(16-8-11)9-15-5-3-12(13)4-6-15/h10-12,14H,1-9H2. The first-order chi connectivity index (χ1) is 7.86. The van der Waals surface area contributed by atoms with E-state index >= 15 is 0 Å². The van der Waals surface area contributed by atoms with Gasteiger partial charge in [0.2, 0.25) is 0 Å². The highest BCUT2D eigenvalue weighted by atomic mass is 16.5. The summed E-state index contributed by atoms with van der Waals surface area (Å²) in [6.07, 6.45) is 5.55. The lowest BCUT2D eigenvalue weighted by atomic mass is 9.79. The number of nitrogens with zero attached hydrogens (tertiary/aromatic N) is 1. The number of piperidine rings is 3. The van der Waals surface area contributed by atoms with Gasteiger partial charge in [0.25, 0.3) is 0 Å². The lowest BCUT2D eigenvalue weighted by Crippen LogP contribution is -2.70. The highest BCUT2D eigenvalue weighted by molar-refractivity contribution is 5.01. The van der Waals surface area contributed by atoms with Crippen LogP contribution in [0.4, 0.5) is 0 Å². The molecule has 4 aliphatic heterocycles. The summed E-state index contributed by atoms with van der Waals surface area (Å²) in [5.41, 5.74) is 0.0435. The third-order valence-electron chi connectivity index (χ3n) is 5.21. The van der Waals surface area contributed by atoms with Crippen molar-refractivity contribution in [3.63, 3.8) is 0 Å². The van der Waals surface area contributed by atoms with Gasteiger partial charge in [-0.15, -0.1) is 0 Å². The van der Waals surface area contributed by atoms with Crippen molar-refractivity contribution in [3.8, 4) is 0 Å². The fraction of sp³-hybridized carbons (Fsp3) is 1.00. The number of nitrogens with one attached hydrogen (secondary N) is 1. The Labute approximate surface area is 97.5 Å². The predicted octanol–water partition coefficient (Wildman–Crippen LogP) is 1.05. The van der Waals surface area contributed by atoms with Crippen LogP contribution in [0.3, 0.4) is 0 Å². The van der Waals surface area contributed by atoms with Crippen LogP contribution in [0.2, 0.25) is 0 Å². The molecule has 0 aromatic heterocycles. The van der Waals surface area contributed by atoms with Crippen molar-refractivity contribution >= 4 is 0 Å². The predicted molar refractivity (Wildman–Crippen MR) is 62.1 cm³/mol. The molecule has 0 amide bonds. The molecule has 1 N–H and O–H groups in total. The SMILES string of the molecule is C1CC1C1CNC2(CN3CCC2CC3)OC1. The van der Waals surface area contributed by atoms with E-state index in [1.807, 2.05) is 0 Å². The quantitative estimate of drug-likeness (QED) is 0.718. The van der Waals surface area contributed by atoms with Crippen LogP contribution < -0.4 is 5.32 Å². The third kappa shape index (κ3) is 1.45. The smallest absolute Gasteiger partial charge is 0.134 e. The van der Waals surface area contributed by atoms with Crippen molar-refractivity contribution in [1.82, 2.24) is 10.2 Å². The second-order valence-corrected chi connectivity index (χ2v) is 6.23. The van der Waals surface area contributed by atoms with Crippen LogP contribution in [0.25, 0.3) is 0 Å². The molecule has 1 aliphatic carbocycles. The fourth-order valence-electron chi connectivity index (χ4n) is 3.92. The molecule has 2 bridgehead atoms. The Morgan fingerprint density at radius 3 is 2.38 bits per heavy atom. The lowest BCUT2D eigenvalue weighted by molar-refractivity contribution is -0.201. The first-order valence-electron chi connectivity index (χ1n) is 6.97. The van der Waals surface area contributed by atoms with E-state index in [9.17, 15) is 0 Å². The zero-order valence-corrected chi connectivity index (χ0v) is 9.95. The number of hydrogen-bond acceptors (Lipinski definition) is 3. The van der Waals surface area contributed by atoms with Gasteiger partial charge in [0.1, 0.15) is 5.72 Å². The number of hydrogen-bond donors (Lipinski definition) is 1. The van der Waals surface area contributed by atoms with E-state index in [-0.39, 0.29) is 5.72 Å². The molecule has 0 aromatic carbocycles. The molecule has 1 saturated carbocycles. The highest BCUT2D eigenvalue weighted by Crippen LogP contribution is 2.43. The topological polar surface area (TPSA) is 24.5 Å². The van der Waals surface area contributed by atoms with Crippen molar-refractivity contribution in [1.29, 1.82) is 0 Å². The second kappa shape index (κ2) is 3.44. The molecule has 4 heterocycles. The van der Waals surface area contributed by atoms with E-state index in [0.29, 0.717) is 0 Å². The van der Waals surface area contributed by atoms with Gasteiger partial charge in [-0.25, -0.2) is 0 Å². The molecular formula is C13H22N2O. The first kappa shape index (κ1) is 9.86. The minimum atomic E-state index is 0.0435. The van der Waals surface area contributed by atoms with Crippen molar-refractivity contribution < 1.29 is 4.74 Å². The molecule has 0 radical (unpaired) electrons. The summed E-state index contributed by atoms with van der Waals surface area (Å²) in [5.74, 6) is 2.56. The van der Waals surface area contributed by atoms with Gasteiger partial charge in [-0.3, -0.25) is 10.2 Å². The summed E-state index contributed by atoms with van der Waals surface area (Å²) in [5, 5.41) is 3.77. The summed E-state index contributed by atoms with van der Waals surface area (Å²) in [6, 6.07) is 0. The molecule has 5 aliphatic rings. The molecule has 16 heavy (non-hydrogen) atoms. The molecule has 2 atom stereocenters. The van der Waals surface area contributed by atoms with Gasteiger partial charge in [0.05, 0.1) is 6.61 Å². The van der Waals surface area contributed by atoms with Crippen LogP contribution in [-0.2, 0) is 4.74 Å². The zero-order chi connectivity index (χ0) is 10.6. The summed E-state index contributed by atoms with van der Waals surface area (Å²) in [7, 11) is 0. The van der Waals surface area contributed by atoms with Crippen molar-refractivity contribution in [2.45, 2.75) is 31.4 Å². The minimum absolute atomic E-state index is 0.0435. The van der Waals surface area contributed by atoms with Crippen LogP contribution in [-0.4, -0.2) is 43.4 Å². The van der Waals surface area contributed by atoms with Crippen molar-refractivity contribution in [3.05, 3.63) is 0 Å². The van der Waals surface area contributed by atoms with Crippen molar-refractivity contribution in [2.24, 2.45) is 17.8 Å². The second-order valence-electron chi connectivity index (χ2n) is 6.23. The Hall–Kier alpha value is -0.120. The van der Waals surface area contributed by atoms with Gasteiger partial charge >= 0.3 is 0 Å². The minimum Gasteiger partial charge on any atom is -0.359 e. The Morgan fingerprint density at radius 2 is 1.88 bits per heavy atom. The largest absolute Gasteiger partial charge is 0.359 e. The molecule has 3 heteroatoms. The van der Waals surface area contributed by atoms with Crippen molar-refractivity contribution in [2.75, 3.05) is 32.8 Å². The van der Waals surface area contributed by atoms with Gasteiger partial charge in [-0.05, 0) is 50.6 Å². The summed E-state index contributed by atoms with van der Waals surface area (Å²) in [4.78, 5) is 2.57. The van der Waals surface area contributed by atoms with E-state index in [4.69, 9.17) is 4.74 Å². The lowest BCUT2D eigenvalue weighted by Gasteiger charge is -2.55. The number of ether oxygens (including phenoxy) is 1. The Morgan fingerprint density at radius 1 is 1.06 bits per heavy atom. The van der Waals surface area contributed by atoms with Crippen LogP contribution in [0, 0.1) is 17.8 Å². The maximum absolute atomic E-state index is 6.30. The van der Waals surface area contributed by atoms with Gasteiger partial charge in [0, 0.05) is 19.0 Å². The summed E-state index contributed by atoms with van der Waals surface area (Å²) < 4.78 is 6.30. The van der Waals surface area contributed by atoms with Crippen LogP contribution in [0.1, 0.15) is 25.7 Å². The van der Waals surface area contributed by atoms with Gasteiger partial charge < -0.3 is 4.74 Å². The number of rotatable bonds is 1. The van der Waals surface area contributed by atoms with E-state index < -0.39 is 0 Å². The van der Waals surface area contributed by atoms with Crippen LogP contribution in [0.5, 0.6) is 0 Å².